The molecule has 0 amide bonds. The van der Waals surface area contributed by atoms with Crippen LogP contribution in [0, 0.1) is 11.3 Å². The molecule has 0 aromatic carbocycles. The summed E-state index contributed by atoms with van der Waals surface area (Å²) in [6.07, 6.45) is -3.58. The number of aliphatic carboxylic acids is 1. The van der Waals surface area contributed by atoms with Crippen LogP contribution in [-0.2, 0) is 11.2 Å². The van der Waals surface area contributed by atoms with Gasteiger partial charge in [0, 0.05) is 5.56 Å². The van der Waals surface area contributed by atoms with E-state index in [-0.39, 0.29) is 5.56 Å². The van der Waals surface area contributed by atoms with Crippen LogP contribution in [0.2, 0.25) is 0 Å². The minimum Gasteiger partial charge on any atom is -0.506 e. The maximum atomic E-state index is 12.3. The van der Waals surface area contributed by atoms with E-state index in [4.69, 9.17) is 15.5 Å². The minimum absolute atomic E-state index is 0.100. The van der Waals surface area contributed by atoms with Crippen LogP contribution < -0.4 is 0 Å². The SMILES string of the molecule is N#Cc1nc(C(F)F)c(O)cc1CC(=O)O. The number of nitriles is 1. The van der Waals surface area contributed by atoms with Gasteiger partial charge in [0.15, 0.2) is 0 Å². The molecule has 1 aromatic heterocycles. The third-order valence-electron chi connectivity index (χ3n) is 1.76. The molecule has 7 heteroatoms. The highest BCUT2D eigenvalue weighted by atomic mass is 19.3. The van der Waals surface area contributed by atoms with Crippen LogP contribution in [0.4, 0.5) is 8.78 Å². The third-order valence-corrected chi connectivity index (χ3v) is 1.76. The summed E-state index contributed by atoms with van der Waals surface area (Å²) >= 11 is 0. The van der Waals surface area contributed by atoms with Gasteiger partial charge in [-0.25, -0.2) is 13.8 Å². The van der Waals surface area contributed by atoms with E-state index in [1.165, 1.54) is 6.07 Å². The summed E-state index contributed by atoms with van der Waals surface area (Å²) in [5.74, 6) is -2.06. The lowest BCUT2D eigenvalue weighted by Crippen LogP contribution is -2.05. The minimum atomic E-state index is -3.02. The number of halogens is 2. The lowest BCUT2D eigenvalue weighted by Gasteiger charge is -2.06. The Bertz CT molecular complexity index is 469. The summed E-state index contributed by atoms with van der Waals surface area (Å²) in [5, 5.41) is 26.2. The van der Waals surface area contributed by atoms with E-state index in [9.17, 15) is 13.6 Å². The van der Waals surface area contributed by atoms with Crippen LogP contribution in [0.15, 0.2) is 6.07 Å². The fourth-order valence-electron chi connectivity index (χ4n) is 1.11. The van der Waals surface area contributed by atoms with Gasteiger partial charge in [-0.05, 0) is 6.07 Å². The summed E-state index contributed by atoms with van der Waals surface area (Å²) in [6.45, 7) is 0. The van der Waals surface area contributed by atoms with E-state index in [1.54, 1.807) is 0 Å². The lowest BCUT2D eigenvalue weighted by atomic mass is 10.1. The van der Waals surface area contributed by atoms with Crippen LogP contribution >= 0.6 is 0 Å². The molecule has 0 aliphatic carbocycles. The molecule has 2 N–H and O–H groups in total. The number of hydrogen-bond donors (Lipinski definition) is 2. The monoisotopic (exact) mass is 228 g/mol. The molecule has 0 bridgehead atoms. The van der Waals surface area contributed by atoms with Crippen molar-refractivity contribution in [2.24, 2.45) is 0 Å². The van der Waals surface area contributed by atoms with E-state index in [0.717, 1.165) is 6.07 Å². The van der Waals surface area contributed by atoms with Crippen molar-refractivity contribution in [1.82, 2.24) is 4.98 Å². The van der Waals surface area contributed by atoms with E-state index >= 15 is 0 Å². The number of pyridine rings is 1. The van der Waals surface area contributed by atoms with E-state index in [1.807, 2.05) is 0 Å². The average Bonchev–Trinajstić information content (AvgIpc) is 2.16. The molecular formula is C9H6F2N2O3. The Kier molecular flexibility index (Phi) is 3.35. The predicted molar refractivity (Wildman–Crippen MR) is 46.9 cm³/mol. The number of aromatic hydroxyl groups is 1. The van der Waals surface area contributed by atoms with Gasteiger partial charge in [0.25, 0.3) is 6.43 Å². The van der Waals surface area contributed by atoms with Crippen molar-refractivity contribution in [3.63, 3.8) is 0 Å². The second-order valence-corrected chi connectivity index (χ2v) is 2.88. The van der Waals surface area contributed by atoms with Crippen molar-refractivity contribution in [1.29, 1.82) is 5.26 Å². The molecule has 0 unspecified atom stereocenters. The molecule has 0 saturated heterocycles. The first-order valence-corrected chi connectivity index (χ1v) is 4.08. The molecule has 1 rings (SSSR count). The number of alkyl halides is 2. The van der Waals surface area contributed by atoms with Gasteiger partial charge in [0.2, 0.25) is 0 Å². The molecule has 5 nitrogen and oxygen atoms in total. The molecule has 1 aromatic rings. The Morgan fingerprint density at radius 3 is 2.69 bits per heavy atom. The molecule has 0 aliphatic heterocycles. The molecule has 0 aliphatic rings. The molecular weight excluding hydrogens is 222 g/mol. The highest BCUT2D eigenvalue weighted by Gasteiger charge is 2.19. The summed E-state index contributed by atoms with van der Waals surface area (Å²) in [6, 6.07) is 2.33. The van der Waals surface area contributed by atoms with Crippen molar-refractivity contribution >= 4 is 5.97 Å². The summed E-state index contributed by atoms with van der Waals surface area (Å²) < 4.78 is 24.6. The van der Waals surface area contributed by atoms with Gasteiger partial charge in [-0.15, -0.1) is 0 Å². The topological polar surface area (TPSA) is 94.2 Å². The Balaban J connectivity index is 3.27. The van der Waals surface area contributed by atoms with Gasteiger partial charge in [0.1, 0.15) is 23.2 Å². The molecule has 84 valence electrons. The van der Waals surface area contributed by atoms with E-state index in [2.05, 4.69) is 4.98 Å². The molecule has 0 atom stereocenters. The van der Waals surface area contributed by atoms with E-state index < -0.39 is 36.0 Å². The molecule has 0 radical (unpaired) electrons. The second kappa shape index (κ2) is 4.53. The van der Waals surface area contributed by atoms with Crippen molar-refractivity contribution in [3.05, 3.63) is 23.0 Å². The standard InChI is InChI=1S/C9H6F2N2O3/c10-9(11)8-6(14)1-4(2-7(15)16)5(3-12)13-8/h1,9,14H,2H2,(H,15,16). The Labute approximate surface area is 88.6 Å². The van der Waals surface area contributed by atoms with Gasteiger partial charge >= 0.3 is 5.97 Å². The Morgan fingerprint density at radius 2 is 2.25 bits per heavy atom. The van der Waals surface area contributed by atoms with Gasteiger partial charge in [-0.2, -0.15) is 5.26 Å². The number of hydrogen-bond acceptors (Lipinski definition) is 4. The fraction of sp³-hybridized carbons (Fsp3) is 0.222. The van der Waals surface area contributed by atoms with Crippen molar-refractivity contribution in [2.45, 2.75) is 12.8 Å². The summed E-state index contributed by atoms with van der Waals surface area (Å²) in [4.78, 5) is 13.6. The van der Waals surface area contributed by atoms with Crippen LogP contribution in [0.1, 0.15) is 23.4 Å². The van der Waals surface area contributed by atoms with Gasteiger partial charge in [-0.3, -0.25) is 4.79 Å². The summed E-state index contributed by atoms with van der Waals surface area (Å²) in [5.41, 5.74) is -1.45. The number of carboxylic acids is 1. The predicted octanol–water partition coefficient (Wildman–Crippen LogP) is 1.22. The zero-order valence-corrected chi connectivity index (χ0v) is 7.81. The molecule has 0 saturated carbocycles. The maximum absolute atomic E-state index is 12.3. The summed E-state index contributed by atoms with van der Waals surface area (Å²) in [7, 11) is 0. The highest BCUT2D eigenvalue weighted by Crippen LogP contribution is 2.28. The van der Waals surface area contributed by atoms with Crippen molar-refractivity contribution in [3.8, 4) is 11.8 Å². The van der Waals surface area contributed by atoms with Crippen LogP contribution in [0.25, 0.3) is 0 Å². The van der Waals surface area contributed by atoms with Gasteiger partial charge < -0.3 is 10.2 Å². The first kappa shape index (κ1) is 11.8. The van der Waals surface area contributed by atoms with Crippen molar-refractivity contribution < 1.29 is 23.8 Å². The maximum Gasteiger partial charge on any atom is 0.307 e. The smallest absolute Gasteiger partial charge is 0.307 e. The van der Waals surface area contributed by atoms with Crippen LogP contribution in [0.5, 0.6) is 5.75 Å². The normalized spacial score (nSPS) is 10.1. The van der Waals surface area contributed by atoms with E-state index in [0.29, 0.717) is 0 Å². The molecule has 0 fully saturated rings. The molecule has 16 heavy (non-hydrogen) atoms. The van der Waals surface area contributed by atoms with Crippen LogP contribution in [0.3, 0.4) is 0 Å². The quantitative estimate of drug-likeness (QED) is 0.811. The number of carboxylic acid groups (broad SMARTS) is 1. The molecule has 0 spiro atoms. The average molecular weight is 228 g/mol. The Hall–Kier alpha value is -2.23. The first-order valence-electron chi connectivity index (χ1n) is 4.08. The lowest BCUT2D eigenvalue weighted by molar-refractivity contribution is -0.136. The first-order chi connectivity index (χ1) is 7.45. The second-order valence-electron chi connectivity index (χ2n) is 2.88. The highest BCUT2D eigenvalue weighted by molar-refractivity contribution is 5.71. The zero-order valence-electron chi connectivity index (χ0n) is 7.81. The third kappa shape index (κ3) is 2.42. The zero-order chi connectivity index (χ0) is 12.3. The molecule has 1 heterocycles. The van der Waals surface area contributed by atoms with Crippen molar-refractivity contribution in [2.75, 3.05) is 0 Å². The number of nitrogens with zero attached hydrogens (tertiary/aromatic N) is 2. The van der Waals surface area contributed by atoms with Crippen LogP contribution in [-0.4, -0.2) is 21.2 Å². The van der Waals surface area contributed by atoms with Gasteiger partial charge in [-0.1, -0.05) is 0 Å². The number of aromatic nitrogens is 1. The Morgan fingerprint density at radius 1 is 1.62 bits per heavy atom. The van der Waals surface area contributed by atoms with Gasteiger partial charge in [0.05, 0.1) is 6.42 Å². The fourth-order valence-corrected chi connectivity index (χ4v) is 1.11. The largest absolute Gasteiger partial charge is 0.506 e. The number of rotatable bonds is 3. The number of carbonyl (C=O) groups is 1.